The minimum absolute atomic E-state index is 0.106. The average Bonchev–Trinajstić information content (AvgIpc) is 2.70. The zero-order valence-electron chi connectivity index (χ0n) is 8.56. The van der Waals surface area contributed by atoms with Crippen LogP contribution >= 0.6 is 11.3 Å². The van der Waals surface area contributed by atoms with Crippen molar-refractivity contribution in [2.45, 2.75) is 12.8 Å². The first-order valence-corrected chi connectivity index (χ1v) is 5.82. The summed E-state index contributed by atoms with van der Waals surface area (Å²) >= 11 is 1.60. The molecule has 2 rings (SSSR count). The van der Waals surface area contributed by atoms with Gasteiger partial charge in [-0.3, -0.25) is 4.79 Å². The minimum Gasteiger partial charge on any atom is -0.325 e. The second-order valence-corrected chi connectivity index (χ2v) is 4.26. The van der Waals surface area contributed by atoms with Crippen molar-refractivity contribution in [1.82, 2.24) is 0 Å². The molecule has 80 valence electrons. The molecule has 1 aromatic heterocycles. The molecule has 0 bridgehead atoms. The zero-order chi connectivity index (χ0) is 11.4. The summed E-state index contributed by atoms with van der Waals surface area (Å²) in [5, 5.41) is 14.2. The lowest BCUT2D eigenvalue weighted by Gasteiger charge is -2.01. The fraction of sp³-hybridized carbons (Fsp3) is 0.167. The molecule has 0 saturated heterocycles. The van der Waals surface area contributed by atoms with Gasteiger partial charge in [-0.25, -0.2) is 0 Å². The topological polar surface area (TPSA) is 52.9 Å². The van der Waals surface area contributed by atoms with Crippen LogP contribution in [0.3, 0.4) is 0 Å². The van der Waals surface area contributed by atoms with Crippen LogP contribution in [-0.2, 0) is 4.79 Å². The first kappa shape index (κ1) is 10.7. The summed E-state index contributed by atoms with van der Waals surface area (Å²) < 4.78 is 1.15. The Morgan fingerprint density at radius 1 is 1.44 bits per heavy atom. The van der Waals surface area contributed by atoms with Crippen LogP contribution in [0.4, 0.5) is 5.69 Å². The van der Waals surface area contributed by atoms with Gasteiger partial charge in [0.2, 0.25) is 5.91 Å². The number of nitrogens with zero attached hydrogens (tertiary/aromatic N) is 1. The number of fused-ring (bicyclic) bond motifs is 1. The fourth-order valence-corrected chi connectivity index (χ4v) is 2.35. The fourth-order valence-electron chi connectivity index (χ4n) is 1.46. The number of thiophene rings is 1. The van der Waals surface area contributed by atoms with Gasteiger partial charge < -0.3 is 5.32 Å². The molecule has 4 heteroatoms. The van der Waals surface area contributed by atoms with Crippen LogP contribution in [0.2, 0.25) is 0 Å². The number of anilines is 1. The van der Waals surface area contributed by atoms with Crippen LogP contribution < -0.4 is 5.32 Å². The van der Waals surface area contributed by atoms with E-state index in [0.717, 1.165) is 15.8 Å². The van der Waals surface area contributed by atoms with E-state index in [4.69, 9.17) is 5.26 Å². The molecule has 0 spiro atoms. The summed E-state index contributed by atoms with van der Waals surface area (Å²) in [5.74, 6) is -0.106. The third-order valence-electron chi connectivity index (χ3n) is 2.22. The third-order valence-corrected chi connectivity index (χ3v) is 3.18. The van der Waals surface area contributed by atoms with Crippen LogP contribution in [0.25, 0.3) is 10.1 Å². The molecule has 0 aliphatic heterocycles. The molecule has 1 N–H and O–H groups in total. The van der Waals surface area contributed by atoms with Gasteiger partial charge in [0.15, 0.2) is 0 Å². The van der Waals surface area contributed by atoms with E-state index >= 15 is 0 Å². The molecule has 0 aliphatic rings. The van der Waals surface area contributed by atoms with Gasteiger partial charge in [0, 0.05) is 28.3 Å². The van der Waals surface area contributed by atoms with Gasteiger partial charge in [-0.15, -0.1) is 11.3 Å². The predicted octanol–water partition coefficient (Wildman–Crippen LogP) is 3.14. The maximum atomic E-state index is 11.5. The van der Waals surface area contributed by atoms with Crippen molar-refractivity contribution in [3.05, 3.63) is 29.6 Å². The van der Waals surface area contributed by atoms with Crippen molar-refractivity contribution in [3.63, 3.8) is 0 Å². The average molecular weight is 230 g/mol. The van der Waals surface area contributed by atoms with Gasteiger partial charge in [0.1, 0.15) is 0 Å². The Morgan fingerprint density at radius 2 is 2.25 bits per heavy atom. The maximum absolute atomic E-state index is 11.5. The first-order chi connectivity index (χ1) is 7.81. The molecule has 0 atom stereocenters. The summed E-state index contributed by atoms with van der Waals surface area (Å²) in [5.41, 5.74) is 0.837. The smallest absolute Gasteiger partial charge is 0.225 e. The highest BCUT2D eigenvalue weighted by Gasteiger charge is 2.06. The second-order valence-electron chi connectivity index (χ2n) is 3.35. The Morgan fingerprint density at radius 3 is 3.06 bits per heavy atom. The Hall–Kier alpha value is -1.86. The number of carbonyl (C=O) groups excluding carboxylic acids is 1. The SMILES string of the molecule is N#CCCC(=O)Nc1csc2ccccc12. The molecule has 1 amide bonds. The van der Waals surface area contributed by atoms with Crippen molar-refractivity contribution in [3.8, 4) is 6.07 Å². The first-order valence-electron chi connectivity index (χ1n) is 4.94. The molecule has 0 fully saturated rings. The van der Waals surface area contributed by atoms with Crippen LogP contribution in [-0.4, -0.2) is 5.91 Å². The van der Waals surface area contributed by atoms with Crippen molar-refractivity contribution in [1.29, 1.82) is 5.26 Å². The molecule has 1 aromatic carbocycles. The van der Waals surface area contributed by atoms with Crippen LogP contribution in [0.15, 0.2) is 29.6 Å². The largest absolute Gasteiger partial charge is 0.325 e. The molecular formula is C12H10N2OS. The van der Waals surface area contributed by atoms with Gasteiger partial charge in [-0.2, -0.15) is 5.26 Å². The van der Waals surface area contributed by atoms with Crippen LogP contribution in [0.1, 0.15) is 12.8 Å². The van der Waals surface area contributed by atoms with Crippen LogP contribution in [0, 0.1) is 11.3 Å². The summed E-state index contributed by atoms with van der Waals surface area (Å²) in [4.78, 5) is 11.5. The Bertz CT molecular complexity index is 553. The van der Waals surface area contributed by atoms with E-state index < -0.39 is 0 Å². The maximum Gasteiger partial charge on any atom is 0.225 e. The quantitative estimate of drug-likeness (QED) is 0.880. The number of hydrogen-bond donors (Lipinski definition) is 1. The lowest BCUT2D eigenvalue weighted by Crippen LogP contribution is -2.10. The molecule has 0 aliphatic carbocycles. The molecule has 0 unspecified atom stereocenters. The van der Waals surface area contributed by atoms with Gasteiger partial charge >= 0.3 is 0 Å². The van der Waals surface area contributed by atoms with Gasteiger partial charge in [-0.1, -0.05) is 18.2 Å². The number of rotatable bonds is 3. The number of carbonyl (C=O) groups is 1. The summed E-state index contributed by atoms with van der Waals surface area (Å²) in [6.07, 6.45) is 0.509. The minimum atomic E-state index is -0.106. The molecule has 3 nitrogen and oxygen atoms in total. The van der Waals surface area contributed by atoms with E-state index in [1.807, 2.05) is 35.7 Å². The molecule has 16 heavy (non-hydrogen) atoms. The third kappa shape index (κ3) is 2.20. The van der Waals surface area contributed by atoms with Crippen molar-refractivity contribution in [2.24, 2.45) is 0 Å². The zero-order valence-corrected chi connectivity index (χ0v) is 9.38. The standard InChI is InChI=1S/C12H10N2OS/c13-7-3-6-12(15)14-10-8-16-11-5-2-1-4-9(10)11/h1-2,4-5,8H,3,6H2,(H,14,15). The highest BCUT2D eigenvalue weighted by molar-refractivity contribution is 7.17. The predicted molar refractivity (Wildman–Crippen MR) is 65.3 cm³/mol. The normalized spacial score (nSPS) is 9.94. The monoisotopic (exact) mass is 230 g/mol. The number of amides is 1. The summed E-state index contributed by atoms with van der Waals surface area (Å²) in [6.45, 7) is 0. The molecular weight excluding hydrogens is 220 g/mol. The summed E-state index contributed by atoms with van der Waals surface area (Å²) in [6, 6.07) is 9.87. The highest BCUT2D eigenvalue weighted by atomic mass is 32.1. The molecule has 0 radical (unpaired) electrons. The number of benzene rings is 1. The van der Waals surface area contributed by atoms with Crippen LogP contribution in [0.5, 0.6) is 0 Å². The number of hydrogen-bond acceptors (Lipinski definition) is 3. The number of nitrogens with one attached hydrogen (secondary N) is 1. The second kappa shape index (κ2) is 4.77. The van der Waals surface area contributed by atoms with E-state index in [1.165, 1.54) is 0 Å². The van der Waals surface area contributed by atoms with Gasteiger partial charge in [-0.05, 0) is 6.07 Å². The molecule has 2 aromatic rings. The van der Waals surface area contributed by atoms with Crippen molar-refractivity contribution >= 4 is 33.0 Å². The van der Waals surface area contributed by atoms with Crippen molar-refractivity contribution < 1.29 is 4.79 Å². The van der Waals surface area contributed by atoms with Gasteiger partial charge in [0.05, 0.1) is 11.8 Å². The Balaban J connectivity index is 2.16. The molecule has 1 heterocycles. The van der Waals surface area contributed by atoms with E-state index in [0.29, 0.717) is 0 Å². The Kier molecular flexibility index (Phi) is 3.18. The van der Waals surface area contributed by atoms with E-state index in [-0.39, 0.29) is 18.7 Å². The van der Waals surface area contributed by atoms with Crippen molar-refractivity contribution in [2.75, 3.05) is 5.32 Å². The lowest BCUT2D eigenvalue weighted by atomic mass is 10.2. The van der Waals surface area contributed by atoms with E-state index in [1.54, 1.807) is 11.3 Å². The van der Waals surface area contributed by atoms with E-state index in [2.05, 4.69) is 5.32 Å². The lowest BCUT2D eigenvalue weighted by molar-refractivity contribution is -0.116. The van der Waals surface area contributed by atoms with E-state index in [9.17, 15) is 4.79 Å². The highest BCUT2D eigenvalue weighted by Crippen LogP contribution is 2.29. The summed E-state index contributed by atoms with van der Waals surface area (Å²) in [7, 11) is 0. The molecule has 0 saturated carbocycles. The number of nitriles is 1. The Labute approximate surface area is 97.3 Å². The van der Waals surface area contributed by atoms with Gasteiger partial charge in [0.25, 0.3) is 0 Å².